The molecule has 1 unspecified atom stereocenters. The highest BCUT2D eigenvalue weighted by Crippen LogP contribution is 2.35. The van der Waals surface area contributed by atoms with Gasteiger partial charge >= 0.3 is 5.97 Å². The smallest absolute Gasteiger partial charge is 0.335 e. The van der Waals surface area contributed by atoms with Crippen LogP contribution in [0.25, 0.3) is 11.1 Å². The van der Waals surface area contributed by atoms with Gasteiger partial charge < -0.3 is 5.11 Å². The molecule has 0 amide bonds. The molecule has 4 rings (SSSR count). The minimum Gasteiger partial charge on any atom is -0.478 e. The topological polar surface area (TPSA) is 66.7 Å². The molecule has 0 spiro atoms. The molecular weight excluding hydrogens is 469 g/mol. The standard InChI is InChI=1S/C25H16Cl3NO3/c26-19-6-7-20(22(28)13-19)23(30)25(9-2-10-29-25)14-18-12-16(5-8-21(18)27)15-3-1-4-17(11-15)24(31)32/h1-13H,14H2,(H,31,32). The number of allylic oxidation sites excluding steroid dienone is 1. The number of carboxylic acid groups (broad SMARTS) is 1. The first-order valence-corrected chi connectivity index (χ1v) is 10.8. The van der Waals surface area contributed by atoms with Crippen LogP contribution in [0.5, 0.6) is 0 Å². The molecule has 1 aliphatic heterocycles. The molecule has 0 aromatic heterocycles. The van der Waals surface area contributed by atoms with Crippen LogP contribution in [0.2, 0.25) is 15.1 Å². The maximum absolute atomic E-state index is 13.5. The molecule has 160 valence electrons. The van der Waals surface area contributed by atoms with Gasteiger partial charge in [-0.3, -0.25) is 9.79 Å². The third kappa shape index (κ3) is 4.35. The van der Waals surface area contributed by atoms with E-state index in [2.05, 4.69) is 4.99 Å². The summed E-state index contributed by atoms with van der Waals surface area (Å²) in [5.74, 6) is -1.27. The van der Waals surface area contributed by atoms with Crippen molar-refractivity contribution in [3.8, 4) is 11.1 Å². The third-order valence-corrected chi connectivity index (χ3v) is 6.20. The lowest BCUT2D eigenvalue weighted by atomic mass is 9.83. The minimum absolute atomic E-state index is 0.186. The molecule has 0 radical (unpaired) electrons. The largest absolute Gasteiger partial charge is 0.478 e. The maximum Gasteiger partial charge on any atom is 0.335 e. The number of benzene rings is 3. The molecular formula is C25H16Cl3NO3. The molecule has 32 heavy (non-hydrogen) atoms. The Morgan fingerprint density at radius 3 is 2.38 bits per heavy atom. The molecule has 0 aliphatic carbocycles. The average Bonchev–Trinajstić information content (AvgIpc) is 3.25. The molecule has 4 nitrogen and oxygen atoms in total. The van der Waals surface area contributed by atoms with Crippen LogP contribution >= 0.6 is 34.8 Å². The number of aromatic carboxylic acids is 1. The number of rotatable bonds is 6. The van der Waals surface area contributed by atoms with Crippen molar-refractivity contribution < 1.29 is 14.7 Å². The molecule has 0 bridgehead atoms. The number of hydrogen-bond acceptors (Lipinski definition) is 3. The van der Waals surface area contributed by atoms with Gasteiger partial charge in [0.15, 0.2) is 5.78 Å². The second-order valence-electron chi connectivity index (χ2n) is 7.38. The zero-order chi connectivity index (χ0) is 22.9. The first-order valence-electron chi connectivity index (χ1n) is 9.64. The first kappa shape index (κ1) is 22.3. The SMILES string of the molecule is O=C(O)c1cccc(-c2ccc(Cl)c(CC3(C(=O)c4ccc(Cl)cc4Cl)C=CC=N3)c2)c1. The lowest BCUT2D eigenvalue weighted by Gasteiger charge is -2.24. The zero-order valence-electron chi connectivity index (χ0n) is 16.6. The summed E-state index contributed by atoms with van der Waals surface area (Å²) in [5.41, 5.74) is 1.53. The highest BCUT2D eigenvalue weighted by molar-refractivity contribution is 6.37. The van der Waals surface area contributed by atoms with Crippen molar-refractivity contribution in [2.75, 3.05) is 0 Å². The molecule has 3 aromatic carbocycles. The van der Waals surface area contributed by atoms with Crippen molar-refractivity contribution in [3.05, 3.63) is 105 Å². The number of carboxylic acids is 1. The number of Topliss-reactive ketones (excluding diaryl/α,β-unsaturated/α-hetero) is 1. The summed E-state index contributed by atoms with van der Waals surface area (Å²) < 4.78 is 0. The van der Waals surface area contributed by atoms with Gasteiger partial charge in [0.1, 0.15) is 5.54 Å². The van der Waals surface area contributed by atoms with E-state index in [1.165, 1.54) is 12.1 Å². The highest BCUT2D eigenvalue weighted by Gasteiger charge is 2.39. The molecule has 0 saturated carbocycles. The van der Waals surface area contributed by atoms with Crippen molar-refractivity contribution in [2.24, 2.45) is 4.99 Å². The molecule has 1 heterocycles. The second kappa shape index (κ2) is 8.91. The van der Waals surface area contributed by atoms with E-state index < -0.39 is 11.5 Å². The van der Waals surface area contributed by atoms with Crippen LogP contribution in [0.3, 0.4) is 0 Å². The lowest BCUT2D eigenvalue weighted by molar-refractivity contribution is 0.0696. The van der Waals surface area contributed by atoms with E-state index in [9.17, 15) is 14.7 Å². The van der Waals surface area contributed by atoms with Crippen LogP contribution in [0, 0.1) is 0 Å². The minimum atomic E-state index is -1.19. The molecule has 1 aliphatic rings. The quantitative estimate of drug-likeness (QED) is 0.390. The zero-order valence-corrected chi connectivity index (χ0v) is 18.8. The van der Waals surface area contributed by atoms with E-state index in [1.807, 2.05) is 18.2 Å². The van der Waals surface area contributed by atoms with E-state index >= 15 is 0 Å². The molecule has 1 atom stereocenters. The van der Waals surface area contributed by atoms with Crippen LogP contribution in [-0.4, -0.2) is 28.6 Å². The third-order valence-electron chi connectivity index (χ3n) is 5.28. The Morgan fingerprint density at radius 2 is 1.69 bits per heavy atom. The maximum atomic E-state index is 13.5. The fourth-order valence-corrected chi connectivity index (χ4v) is 4.34. The predicted octanol–water partition coefficient (Wildman–Crippen LogP) is 6.82. The van der Waals surface area contributed by atoms with Gasteiger partial charge in [-0.05, 0) is 71.3 Å². The summed E-state index contributed by atoms with van der Waals surface area (Å²) in [7, 11) is 0. The van der Waals surface area contributed by atoms with E-state index in [-0.39, 0.29) is 22.8 Å². The number of carbonyl (C=O) groups excluding carboxylic acids is 1. The molecule has 7 heteroatoms. The van der Waals surface area contributed by atoms with Gasteiger partial charge in [0, 0.05) is 28.2 Å². The number of halogens is 3. The van der Waals surface area contributed by atoms with Crippen LogP contribution < -0.4 is 0 Å². The van der Waals surface area contributed by atoms with E-state index in [4.69, 9.17) is 34.8 Å². The van der Waals surface area contributed by atoms with Gasteiger partial charge in [-0.2, -0.15) is 0 Å². The van der Waals surface area contributed by atoms with E-state index in [1.54, 1.807) is 48.7 Å². The molecule has 1 N–H and O–H groups in total. The van der Waals surface area contributed by atoms with Crippen LogP contribution in [0.1, 0.15) is 26.3 Å². The van der Waals surface area contributed by atoms with Gasteiger partial charge in [0.2, 0.25) is 0 Å². The number of ketones is 1. The fourth-order valence-electron chi connectivity index (χ4n) is 3.66. The summed E-state index contributed by atoms with van der Waals surface area (Å²) >= 11 is 18.8. The molecule has 0 fully saturated rings. The highest BCUT2D eigenvalue weighted by atomic mass is 35.5. The van der Waals surface area contributed by atoms with Crippen molar-refractivity contribution in [2.45, 2.75) is 12.0 Å². The van der Waals surface area contributed by atoms with Crippen molar-refractivity contribution in [3.63, 3.8) is 0 Å². The van der Waals surface area contributed by atoms with E-state index in [0.29, 0.717) is 21.2 Å². The van der Waals surface area contributed by atoms with Crippen LogP contribution in [0.4, 0.5) is 0 Å². The summed E-state index contributed by atoms with van der Waals surface area (Å²) in [6.07, 6.45) is 5.24. The van der Waals surface area contributed by atoms with E-state index in [0.717, 1.165) is 11.1 Å². The number of hydrogen-bond donors (Lipinski definition) is 1. The summed E-state index contributed by atoms with van der Waals surface area (Å²) in [5, 5.41) is 10.5. The number of nitrogens with zero attached hydrogens (tertiary/aromatic N) is 1. The Kier molecular flexibility index (Phi) is 6.20. The summed E-state index contributed by atoms with van der Waals surface area (Å²) in [6.45, 7) is 0. The predicted molar refractivity (Wildman–Crippen MR) is 129 cm³/mol. The van der Waals surface area contributed by atoms with Crippen LogP contribution in [-0.2, 0) is 6.42 Å². The van der Waals surface area contributed by atoms with Crippen molar-refractivity contribution >= 4 is 52.8 Å². The summed E-state index contributed by atoms with van der Waals surface area (Å²) in [6, 6.07) is 16.7. The Labute approximate surface area is 199 Å². The summed E-state index contributed by atoms with van der Waals surface area (Å²) in [4.78, 5) is 29.3. The van der Waals surface area contributed by atoms with Gasteiger partial charge in [0.25, 0.3) is 0 Å². The molecule has 3 aromatic rings. The Balaban J connectivity index is 1.73. The van der Waals surface area contributed by atoms with Gasteiger partial charge in [-0.15, -0.1) is 0 Å². The Morgan fingerprint density at radius 1 is 0.906 bits per heavy atom. The normalized spacial score (nSPS) is 17.0. The average molecular weight is 485 g/mol. The monoisotopic (exact) mass is 483 g/mol. The van der Waals surface area contributed by atoms with Crippen molar-refractivity contribution in [1.29, 1.82) is 0 Å². The van der Waals surface area contributed by atoms with Crippen molar-refractivity contribution in [1.82, 2.24) is 0 Å². The Bertz CT molecular complexity index is 1290. The van der Waals surface area contributed by atoms with Crippen LogP contribution in [0.15, 0.2) is 77.8 Å². The first-order chi connectivity index (χ1) is 15.3. The number of aliphatic imine (C=N–C) groups is 1. The number of carbonyl (C=O) groups is 2. The van der Waals surface area contributed by atoms with Gasteiger partial charge in [0.05, 0.1) is 10.6 Å². The van der Waals surface area contributed by atoms with Gasteiger partial charge in [-0.25, -0.2) is 4.79 Å². The van der Waals surface area contributed by atoms with Gasteiger partial charge in [-0.1, -0.05) is 53.0 Å². The lowest BCUT2D eigenvalue weighted by Crippen LogP contribution is -2.36. The second-order valence-corrected chi connectivity index (χ2v) is 8.63. The fraction of sp³-hybridized carbons (Fsp3) is 0.0800. The molecule has 0 saturated heterocycles. The Hall–Kier alpha value is -2.92.